The molecule has 3 N–H and O–H groups in total. The van der Waals surface area contributed by atoms with Crippen molar-refractivity contribution in [3.63, 3.8) is 0 Å². The van der Waals surface area contributed by atoms with Crippen LogP contribution in [0.2, 0.25) is 0 Å². The molecule has 138 valence electrons. The van der Waals surface area contributed by atoms with Crippen molar-refractivity contribution in [2.24, 2.45) is 11.3 Å². The lowest BCUT2D eigenvalue weighted by Gasteiger charge is -2.37. The first-order valence-corrected chi connectivity index (χ1v) is 9.02. The number of amides is 2. The van der Waals surface area contributed by atoms with Gasteiger partial charge >= 0.3 is 0 Å². The Hall–Kier alpha value is -1.59. The molecular formula is C19H28ClN3O2. The van der Waals surface area contributed by atoms with Crippen molar-refractivity contribution in [1.82, 2.24) is 16.0 Å². The van der Waals surface area contributed by atoms with Gasteiger partial charge in [-0.05, 0) is 49.9 Å². The van der Waals surface area contributed by atoms with Gasteiger partial charge in [-0.1, -0.05) is 25.0 Å². The van der Waals surface area contributed by atoms with Gasteiger partial charge in [0.2, 0.25) is 5.91 Å². The van der Waals surface area contributed by atoms with Crippen molar-refractivity contribution in [1.29, 1.82) is 0 Å². The number of carbonyl (C=O) groups is 2. The van der Waals surface area contributed by atoms with Crippen molar-refractivity contribution in [2.45, 2.75) is 39.2 Å². The number of halogens is 1. The summed E-state index contributed by atoms with van der Waals surface area (Å²) in [4.78, 5) is 24.6. The molecule has 0 radical (unpaired) electrons. The number of hydrogen-bond donors (Lipinski definition) is 3. The van der Waals surface area contributed by atoms with E-state index in [1.54, 1.807) is 0 Å². The maximum atomic E-state index is 12.8. The molecule has 1 heterocycles. The zero-order valence-corrected chi connectivity index (χ0v) is 15.6. The van der Waals surface area contributed by atoms with Crippen molar-refractivity contribution in [2.75, 3.05) is 19.6 Å². The molecular weight excluding hydrogens is 338 g/mol. The third-order valence-corrected chi connectivity index (χ3v) is 5.50. The highest BCUT2D eigenvalue weighted by molar-refractivity contribution is 5.94. The van der Waals surface area contributed by atoms with E-state index in [9.17, 15) is 9.59 Å². The lowest BCUT2D eigenvalue weighted by atomic mass is 9.67. The van der Waals surface area contributed by atoms with Crippen LogP contribution in [0.1, 0.15) is 48.5 Å². The molecule has 2 atom stereocenters. The Morgan fingerprint density at radius 3 is 2.68 bits per heavy atom. The molecule has 2 fully saturated rings. The average Bonchev–Trinajstić information content (AvgIpc) is 3.05. The van der Waals surface area contributed by atoms with Gasteiger partial charge in [0.1, 0.15) is 0 Å². The summed E-state index contributed by atoms with van der Waals surface area (Å²) in [7, 11) is 0. The largest absolute Gasteiger partial charge is 0.352 e. The number of rotatable bonds is 5. The van der Waals surface area contributed by atoms with Crippen LogP contribution in [0.3, 0.4) is 0 Å². The zero-order valence-electron chi connectivity index (χ0n) is 14.8. The van der Waals surface area contributed by atoms with E-state index in [-0.39, 0.29) is 29.6 Å². The second-order valence-electron chi connectivity index (χ2n) is 6.97. The Bertz CT molecular complexity index is 605. The van der Waals surface area contributed by atoms with E-state index in [1.807, 2.05) is 31.2 Å². The first-order chi connectivity index (χ1) is 11.7. The maximum Gasteiger partial charge on any atom is 0.251 e. The third kappa shape index (κ3) is 4.15. The molecule has 1 aliphatic carbocycles. The molecule has 0 aromatic heterocycles. The van der Waals surface area contributed by atoms with Crippen molar-refractivity contribution >= 4 is 24.2 Å². The predicted octanol–water partition coefficient (Wildman–Crippen LogP) is 2.25. The van der Waals surface area contributed by atoms with Crippen molar-refractivity contribution in [3.8, 4) is 0 Å². The molecule has 5 nitrogen and oxygen atoms in total. The molecule has 6 heteroatoms. The van der Waals surface area contributed by atoms with Gasteiger partial charge < -0.3 is 16.0 Å². The van der Waals surface area contributed by atoms with Gasteiger partial charge in [0.25, 0.3) is 5.91 Å². The Kier molecular flexibility index (Phi) is 6.85. The van der Waals surface area contributed by atoms with Gasteiger partial charge in [-0.15, -0.1) is 12.4 Å². The van der Waals surface area contributed by atoms with Gasteiger partial charge in [0, 0.05) is 25.2 Å². The fraction of sp³-hybridized carbons (Fsp3) is 0.579. The van der Waals surface area contributed by atoms with Crippen LogP contribution in [0.5, 0.6) is 0 Å². The molecule has 1 aromatic carbocycles. The van der Waals surface area contributed by atoms with Crippen LogP contribution < -0.4 is 16.0 Å². The molecule has 2 aliphatic rings. The second-order valence-corrected chi connectivity index (χ2v) is 6.97. The second kappa shape index (κ2) is 8.68. The first-order valence-electron chi connectivity index (χ1n) is 9.02. The highest BCUT2D eigenvalue weighted by Gasteiger charge is 2.49. The summed E-state index contributed by atoms with van der Waals surface area (Å²) in [6.07, 6.45) is 4.53. The minimum atomic E-state index is -0.209. The smallest absolute Gasteiger partial charge is 0.251 e. The summed E-state index contributed by atoms with van der Waals surface area (Å²) in [6.45, 7) is 4.81. The maximum absolute atomic E-state index is 12.8. The summed E-state index contributed by atoms with van der Waals surface area (Å²) in [5, 5.41) is 9.32. The predicted molar refractivity (Wildman–Crippen MR) is 101 cm³/mol. The summed E-state index contributed by atoms with van der Waals surface area (Å²) in [5.74, 6) is 0.602. The van der Waals surface area contributed by atoms with E-state index < -0.39 is 0 Å². The minimum absolute atomic E-state index is 0. The van der Waals surface area contributed by atoms with Crippen molar-refractivity contribution < 1.29 is 9.59 Å². The highest BCUT2D eigenvalue weighted by Crippen LogP contribution is 2.43. The van der Waals surface area contributed by atoms with Crippen LogP contribution in [-0.2, 0) is 11.3 Å². The molecule has 1 saturated carbocycles. The molecule has 0 bridgehead atoms. The van der Waals surface area contributed by atoms with Crippen LogP contribution in [0.4, 0.5) is 0 Å². The first kappa shape index (κ1) is 19.7. The van der Waals surface area contributed by atoms with E-state index in [4.69, 9.17) is 0 Å². The molecule has 0 unspecified atom stereocenters. The van der Waals surface area contributed by atoms with E-state index >= 15 is 0 Å². The van der Waals surface area contributed by atoms with Gasteiger partial charge in [0.05, 0.1) is 5.41 Å². The van der Waals surface area contributed by atoms with E-state index in [1.165, 1.54) is 6.42 Å². The molecule has 0 spiro atoms. The zero-order chi connectivity index (χ0) is 17.0. The normalized spacial score (nSPS) is 24.8. The van der Waals surface area contributed by atoms with Crippen LogP contribution in [0.25, 0.3) is 0 Å². The van der Waals surface area contributed by atoms with Crippen LogP contribution >= 0.6 is 12.4 Å². The molecule has 25 heavy (non-hydrogen) atoms. The molecule has 1 saturated heterocycles. The van der Waals surface area contributed by atoms with Gasteiger partial charge in [-0.2, -0.15) is 0 Å². The van der Waals surface area contributed by atoms with Crippen molar-refractivity contribution in [3.05, 3.63) is 35.4 Å². The van der Waals surface area contributed by atoms with Crippen LogP contribution in [-0.4, -0.2) is 31.4 Å². The quantitative estimate of drug-likeness (QED) is 0.749. The summed E-state index contributed by atoms with van der Waals surface area (Å²) >= 11 is 0. The minimum Gasteiger partial charge on any atom is -0.352 e. The standard InChI is InChI=1S/C19H27N3O2.ClH/c1-2-21-17(23)15-8-6-14(7-9-15)11-22-18(24)19-10-4-3-5-16(19)12-20-13-19;/h6-9,16,20H,2-5,10-13H2,1H3,(H,21,23)(H,22,24);1H/t16-,19+;/m0./s1. The molecule has 2 amide bonds. The lowest BCUT2D eigenvalue weighted by Crippen LogP contribution is -2.47. The summed E-state index contributed by atoms with van der Waals surface area (Å²) in [6, 6.07) is 7.44. The van der Waals surface area contributed by atoms with Gasteiger partial charge in [-0.25, -0.2) is 0 Å². The van der Waals surface area contributed by atoms with E-state index in [0.29, 0.717) is 24.6 Å². The monoisotopic (exact) mass is 365 g/mol. The Morgan fingerprint density at radius 1 is 1.20 bits per heavy atom. The molecule has 3 rings (SSSR count). The van der Waals surface area contributed by atoms with Gasteiger partial charge in [-0.3, -0.25) is 9.59 Å². The van der Waals surface area contributed by atoms with Crippen LogP contribution in [0.15, 0.2) is 24.3 Å². The van der Waals surface area contributed by atoms with E-state index in [0.717, 1.165) is 37.9 Å². The SMILES string of the molecule is CCNC(=O)c1ccc(CNC(=O)[C@@]23CCCC[C@H]2CNC3)cc1.Cl. The Labute approximate surface area is 155 Å². The van der Waals surface area contributed by atoms with E-state index in [2.05, 4.69) is 16.0 Å². The number of fused-ring (bicyclic) bond motifs is 1. The van der Waals surface area contributed by atoms with Gasteiger partial charge in [0.15, 0.2) is 0 Å². The third-order valence-electron chi connectivity index (χ3n) is 5.50. The van der Waals surface area contributed by atoms with Crippen LogP contribution in [0, 0.1) is 11.3 Å². The fourth-order valence-corrected chi connectivity index (χ4v) is 4.09. The summed E-state index contributed by atoms with van der Waals surface area (Å²) in [5.41, 5.74) is 1.46. The number of nitrogens with one attached hydrogen (secondary N) is 3. The Balaban J connectivity index is 0.00000225. The molecule has 1 aromatic rings. The Morgan fingerprint density at radius 2 is 1.96 bits per heavy atom. The number of benzene rings is 1. The topological polar surface area (TPSA) is 70.2 Å². The molecule has 1 aliphatic heterocycles. The number of hydrogen-bond acceptors (Lipinski definition) is 3. The fourth-order valence-electron chi connectivity index (χ4n) is 4.09. The number of carbonyl (C=O) groups excluding carboxylic acids is 2. The summed E-state index contributed by atoms with van der Waals surface area (Å²) < 4.78 is 0. The highest BCUT2D eigenvalue weighted by atomic mass is 35.5. The average molecular weight is 366 g/mol. The lowest BCUT2D eigenvalue weighted by molar-refractivity contribution is -0.134.